The number of hydrogen-bond donors (Lipinski definition) is 2. The molecule has 0 aliphatic carbocycles. The number of aryl methyl sites for hydroxylation is 1. The molecule has 110 valence electrons. The van der Waals surface area contributed by atoms with Gasteiger partial charge in [-0.15, -0.1) is 0 Å². The maximum absolute atomic E-state index is 12.0. The third kappa shape index (κ3) is 4.03. The fraction of sp³-hybridized carbons (Fsp3) is 0.133. The van der Waals surface area contributed by atoms with Crippen LogP contribution >= 0.6 is 23.2 Å². The first-order chi connectivity index (χ1) is 9.99. The molecule has 0 radical (unpaired) electrons. The lowest BCUT2D eigenvalue weighted by atomic mass is 10.2. The number of carbonyl (C=O) groups excluding carboxylic acids is 1. The van der Waals surface area contributed by atoms with Crippen LogP contribution in [0.15, 0.2) is 36.4 Å². The number of ether oxygens (including phenoxy) is 1. The van der Waals surface area contributed by atoms with Crippen molar-refractivity contribution in [3.05, 3.63) is 52.0 Å². The zero-order valence-corrected chi connectivity index (χ0v) is 13.0. The van der Waals surface area contributed by atoms with Crippen LogP contribution in [-0.2, 0) is 0 Å². The van der Waals surface area contributed by atoms with Gasteiger partial charge in [0.25, 0.3) is 0 Å². The van der Waals surface area contributed by atoms with Crippen molar-refractivity contribution in [3.63, 3.8) is 0 Å². The molecule has 0 atom stereocenters. The number of halogens is 2. The Balaban J connectivity index is 2.13. The standard InChI is InChI=1S/C15H14Cl2N2O2/c1-9-7-10(16)3-5-12(9)18-15(20)19-13-8-11(17)4-6-14(13)21-2/h3-8H,1-2H3,(H2,18,19,20). The molecular weight excluding hydrogens is 311 g/mol. The van der Waals surface area contributed by atoms with Crippen molar-refractivity contribution in [1.82, 2.24) is 0 Å². The molecule has 0 bridgehead atoms. The van der Waals surface area contributed by atoms with E-state index in [9.17, 15) is 4.79 Å². The zero-order chi connectivity index (χ0) is 15.4. The molecule has 2 amide bonds. The van der Waals surface area contributed by atoms with E-state index in [-0.39, 0.29) is 6.03 Å². The number of anilines is 2. The Bertz CT molecular complexity index is 675. The topological polar surface area (TPSA) is 50.4 Å². The molecule has 2 N–H and O–H groups in total. The van der Waals surface area contributed by atoms with E-state index in [1.54, 1.807) is 36.4 Å². The Hall–Kier alpha value is -1.91. The largest absolute Gasteiger partial charge is 0.495 e. The SMILES string of the molecule is COc1ccc(Cl)cc1NC(=O)Nc1ccc(Cl)cc1C. The van der Waals surface area contributed by atoms with Gasteiger partial charge in [-0.05, 0) is 48.9 Å². The summed E-state index contributed by atoms with van der Waals surface area (Å²) in [6.45, 7) is 1.86. The predicted octanol–water partition coefficient (Wildman–Crippen LogP) is 4.95. The average molecular weight is 325 g/mol. The number of nitrogens with one attached hydrogen (secondary N) is 2. The van der Waals surface area contributed by atoms with E-state index >= 15 is 0 Å². The first-order valence-corrected chi connectivity index (χ1v) is 6.93. The predicted molar refractivity (Wildman–Crippen MR) is 86.8 cm³/mol. The van der Waals surface area contributed by atoms with Gasteiger partial charge in [-0.3, -0.25) is 0 Å². The van der Waals surface area contributed by atoms with Gasteiger partial charge in [0.15, 0.2) is 0 Å². The van der Waals surface area contributed by atoms with Gasteiger partial charge in [-0.2, -0.15) is 0 Å². The number of benzene rings is 2. The van der Waals surface area contributed by atoms with Gasteiger partial charge in [0.2, 0.25) is 0 Å². The highest BCUT2D eigenvalue weighted by Gasteiger charge is 2.09. The van der Waals surface area contributed by atoms with Crippen LogP contribution in [-0.4, -0.2) is 13.1 Å². The van der Waals surface area contributed by atoms with E-state index in [2.05, 4.69) is 10.6 Å². The summed E-state index contributed by atoms with van der Waals surface area (Å²) in [6, 6.07) is 9.83. The summed E-state index contributed by atoms with van der Waals surface area (Å²) in [5, 5.41) is 6.58. The Labute approximate surface area is 133 Å². The Morgan fingerprint density at radius 2 is 1.62 bits per heavy atom. The molecule has 0 aromatic heterocycles. The van der Waals surface area contributed by atoms with Crippen molar-refractivity contribution in [3.8, 4) is 5.75 Å². The van der Waals surface area contributed by atoms with Gasteiger partial charge in [-0.1, -0.05) is 23.2 Å². The molecule has 0 spiro atoms. The number of urea groups is 1. The maximum Gasteiger partial charge on any atom is 0.323 e. The van der Waals surface area contributed by atoms with Crippen molar-refractivity contribution in [1.29, 1.82) is 0 Å². The second-order valence-corrected chi connectivity index (χ2v) is 5.26. The van der Waals surface area contributed by atoms with E-state index in [1.807, 2.05) is 6.92 Å². The fourth-order valence-electron chi connectivity index (χ4n) is 1.82. The molecule has 0 aliphatic heterocycles. The van der Waals surface area contributed by atoms with E-state index < -0.39 is 0 Å². The smallest absolute Gasteiger partial charge is 0.323 e. The number of amides is 2. The second-order valence-electron chi connectivity index (χ2n) is 4.38. The average Bonchev–Trinajstić information content (AvgIpc) is 2.42. The second kappa shape index (κ2) is 6.70. The summed E-state index contributed by atoms with van der Waals surface area (Å²) in [4.78, 5) is 12.0. The van der Waals surface area contributed by atoms with Crippen molar-refractivity contribution in [2.24, 2.45) is 0 Å². The molecule has 2 rings (SSSR count). The molecule has 0 fully saturated rings. The minimum atomic E-state index is -0.388. The number of methoxy groups -OCH3 is 1. The summed E-state index contributed by atoms with van der Waals surface area (Å²) in [6.07, 6.45) is 0. The fourth-order valence-corrected chi connectivity index (χ4v) is 2.22. The molecule has 2 aromatic rings. The minimum Gasteiger partial charge on any atom is -0.495 e. The van der Waals surface area contributed by atoms with Crippen molar-refractivity contribution in [2.75, 3.05) is 17.7 Å². The summed E-state index contributed by atoms with van der Waals surface area (Å²) in [7, 11) is 1.52. The molecule has 2 aromatic carbocycles. The minimum absolute atomic E-state index is 0.388. The van der Waals surface area contributed by atoms with E-state index in [4.69, 9.17) is 27.9 Å². The van der Waals surface area contributed by atoms with E-state index in [0.29, 0.717) is 27.2 Å². The zero-order valence-electron chi connectivity index (χ0n) is 11.5. The molecule has 0 saturated heterocycles. The van der Waals surface area contributed by atoms with Crippen molar-refractivity contribution < 1.29 is 9.53 Å². The van der Waals surface area contributed by atoms with Gasteiger partial charge < -0.3 is 15.4 Å². The third-order valence-corrected chi connectivity index (χ3v) is 3.32. The maximum atomic E-state index is 12.0. The third-order valence-electron chi connectivity index (χ3n) is 2.85. The summed E-state index contributed by atoms with van der Waals surface area (Å²) < 4.78 is 5.17. The number of carbonyl (C=O) groups is 1. The lowest BCUT2D eigenvalue weighted by Crippen LogP contribution is -2.20. The number of hydrogen-bond acceptors (Lipinski definition) is 2. The monoisotopic (exact) mass is 324 g/mol. The first kappa shape index (κ1) is 15.5. The quantitative estimate of drug-likeness (QED) is 0.838. The summed E-state index contributed by atoms with van der Waals surface area (Å²) in [5.41, 5.74) is 2.04. The highest BCUT2D eigenvalue weighted by Crippen LogP contribution is 2.28. The van der Waals surface area contributed by atoms with Crippen LogP contribution in [0.5, 0.6) is 5.75 Å². The molecule has 4 nitrogen and oxygen atoms in total. The van der Waals surface area contributed by atoms with Crippen LogP contribution < -0.4 is 15.4 Å². The lowest BCUT2D eigenvalue weighted by Gasteiger charge is -2.12. The molecule has 0 unspecified atom stereocenters. The van der Waals surface area contributed by atoms with Crippen molar-refractivity contribution >= 4 is 40.6 Å². The van der Waals surface area contributed by atoms with Crippen molar-refractivity contribution in [2.45, 2.75) is 6.92 Å². The van der Waals surface area contributed by atoms with Gasteiger partial charge in [0, 0.05) is 15.7 Å². The molecule has 0 saturated carbocycles. The Morgan fingerprint density at radius 1 is 1.00 bits per heavy atom. The van der Waals surface area contributed by atoms with Crippen LogP contribution in [0.25, 0.3) is 0 Å². The normalized spacial score (nSPS) is 10.1. The molecular formula is C15H14Cl2N2O2. The molecule has 21 heavy (non-hydrogen) atoms. The highest BCUT2D eigenvalue weighted by atomic mass is 35.5. The van der Waals surface area contributed by atoms with Crippen LogP contribution in [0.1, 0.15) is 5.56 Å². The Morgan fingerprint density at radius 3 is 2.29 bits per heavy atom. The Kier molecular flexibility index (Phi) is 4.94. The van der Waals surface area contributed by atoms with Gasteiger partial charge in [0.05, 0.1) is 12.8 Å². The summed E-state index contributed by atoms with van der Waals surface area (Å²) >= 11 is 11.8. The van der Waals surface area contributed by atoms with E-state index in [0.717, 1.165) is 5.56 Å². The van der Waals surface area contributed by atoms with Crippen LogP contribution in [0.3, 0.4) is 0 Å². The highest BCUT2D eigenvalue weighted by molar-refractivity contribution is 6.31. The summed E-state index contributed by atoms with van der Waals surface area (Å²) in [5.74, 6) is 0.530. The van der Waals surface area contributed by atoms with Gasteiger partial charge in [0.1, 0.15) is 5.75 Å². The lowest BCUT2D eigenvalue weighted by molar-refractivity contribution is 0.262. The molecule has 0 heterocycles. The van der Waals surface area contributed by atoms with Crippen LogP contribution in [0.4, 0.5) is 16.2 Å². The molecule has 6 heteroatoms. The van der Waals surface area contributed by atoms with Crippen LogP contribution in [0, 0.1) is 6.92 Å². The van der Waals surface area contributed by atoms with Gasteiger partial charge >= 0.3 is 6.03 Å². The first-order valence-electron chi connectivity index (χ1n) is 6.17. The molecule has 0 aliphatic rings. The van der Waals surface area contributed by atoms with Gasteiger partial charge in [-0.25, -0.2) is 4.79 Å². The van der Waals surface area contributed by atoms with Crippen LogP contribution in [0.2, 0.25) is 10.0 Å². The van der Waals surface area contributed by atoms with E-state index in [1.165, 1.54) is 7.11 Å². The number of rotatable bonds is 3.